The van der Waals surface area contributed by atoms with Crippen LogP contribution in [-0.4, -0.2) is 16.5 Å². The summed E-state index contributed by atoms with van der Waals surface area (Å²) in [6.45, 7) is 0.104. The van der Waals surface area contributed by atoms with Gasteiger partial charge in [0.1, 0.15) is 12.2 Å². The Morgan fingerprint density at radius 1 is 1.50 bits per heavy atom. The Morgan fingerprint density at radius 2 is 2.25 bits per heavy atom. The smallest absolute Gasteiger partial charge is 0.362 e. The SMILES string of the molecule is O=C1Cn2cc(Br)cc2C(=O)O1. The molecular formula is C7H4BrNO3. The molecule has 1 aliphatic heterocycles. The molecule has 0 unspecified atom stereocenters. The maximum absolute atomic E-state index is 11.0. The van der Waals surface area contributed by atoms with E-state index in [0.717, 1.165) is 4.47 Å². The Labute approximate surface area is 76.2 Å². The minimum atomic E-state index is -0.586. The maximum atomic E-state index is 11.0. The van der Waals surface area contributed by atoms with Crippen LogP contribution in [0.4, 0.5) is 0 Å². The zero-order chi connectivity index (χ0) is 8.72. The standard InChI is InChI=1S/C7H4BrNO3/c8-4-1-5-7(11)12-6(10)3-9(5)2-4/h1-2H,3H2. The molecule has 2 rings (SSSR count). The lowest BCUT2D eigenvalue weighted by molar-refractivity contribution is -0.139. The summed E-state index contributed by atoms with van der Waals surface area (Å²) in [4.78, 5) is 21.8. The van der Waals surface area contributed by atoms with Crippen molar-refractivity contribution in [1.82, 2.24) is 4.57 Å². The Balaban J connectivity index is 2.53. The summed E-state index contributed by atoms with van der Waals surface area (Å²) in [6, 6.07) is 1.62. The topological polar surface area (TPSA) is 48.3 Å². The number of fused-ring (bicyclic) bond motifs is 1. The number of carbonyl (C=O) groups is 2. The highest BCUT2D eigenvalue weighted by Gasteiger charge is 2.24. The molecule has 1 aromatic rings. The molecule has 0 aliphatic carbocycles. The molecule has 0 saturated heterocycles. The van der Waals surface area contributed by atoms with E-state index < -0.39 is 11.9 Å². The lowest BCUT2D eigenvalue weighted by Gasteiger charge is -2.12. The zero-order valence-electron chi connectivity index (χ0n) is 5.91. The van der Waals surface area contributed by atoms with Gasteiger partial charge in [0.25, 0.3) is 0 Å². The molecule has 0 fully saturated rings. The Hall–Kier alpha value is -1.10. The van der Waals surface area contributed by atoms with Gasteiger partial charge in [-0.25, -0.2) is 9.59 Å². The van der Waals surface area contributed by atoms with Gasteiger partial charge in [-0.3, -0.25) is 0 Å². The van der Waals surface area contributed by atoms with Crippen LogP contribution in [0.25, 0.3) is 0 Å². The number of ether oxygens (including phenoxy) is 1. The third-order valence-corrected chi connectivity index (χ3v) is 2.01. The lowest BCUT2D eigenvalue weighted by atomic mass is 10.4. The molecule has 62 valence electrons. The molecule has 0 radical (unpaired) electrons. The van der Waals surface area contributed by atoms with E-state index in [2.05, 4.69) is 20.7 Å². The van der Waals surface area contributed by atoms with Crippen molar-refractivity contribution in [1.29, 1.82) is 0 Å². The largest absolute Gasteiger partial charge is 0.387 e. The number of rotatable bonds is 0. The van der Waals surface area contributed by atoms with Crippen LogP contribution < -0.4 is 0 Å². The summed E-state index contributed by atoms with van der Waals surface area (Å²) in [5.41, 5.74) is 0.404. The van der Waals surface area contributed by atoms with Gasteiger partial charge < -0.3 is 9.30 Å². The van der Waals surface area contributed by atoms with Crippen molar-refractivity contribution in [2.45, 2.75) is 6.54 Å². The van der Waals surface area contributed by atoms with E-state index in [-0.39, 0.29) is 6.54 Å². The third-order valence-electron chi connectivity index (χ3n) is 1.58. The van der Waals surface area contributed by atoms with E-state index in [1.165, 1.54) is 0 Å². The molecule has 0 amide bonds. The molecule has 1 aromatic heterocycles. The van der Waals surface area contributed by atoms with Crippen molar-refractivity contribution in [3.8, 4) is 0 Å². The Kier molecular flexibility index (Phi) is 1.54. The summed E-state index contributed by atoms with van der Waals surface area (Å²) in [5.74, 6) is -1.10. The van der Waals surface area contributed by atoms with Crippen molar-refractivity contribution in [3.63, 3.8) is 0 Å². The van der Waals surface area contributed by atoms with Gasteiger partial charge in [0, 0.05) is 10.7 Å². The van der Waals surface area contributed by atoms with E-state index in [1.54, 1.807) is 16.8 Å². The minimum Gasteiger partial charge on any atom is -0.387 e. The van der Waals surface area contributed by atoms with Gasteiger partial charge in [-0.2, -0.15) is 0 Å². The monoisotopic (exact) mass is 229 g/mol. The molecule has 0 aromatic carbocycles. The van der Waals surface area contributed by atoms with Gasteiger partial charge >= 0.3 is 11.9 Å². The molecule has 0 bridgehead atoms. The third kappa shape index (κ3) is 1.06. The van der Waals surface area contributed by atoms with Crippen LogP contribution in [-0.2, 0) is 16.1 Å². The highest BCUT2D eigenvalue weighted by Crippen LogP contribution is 2.18. The minimum absolute atomic E-state index is 0.104. The molecule has 4 nitrogen and oxygen atoms in total. The van der Waals surface area contributed by atoms with Gasteiger partial charge in [0.2, 0.25) is 0 Å². The van der Waals surface area contributed by atoms with Crippen molar-refractivity contribution >= 4 is 27.9 Å². The van der Waals surface area contributed by atoms with Gasteiger partial charge in [-0.1, -0.05) is 0 Å². The van der Waals surface area contributed by atoms with E-state index in [9.17, 15) is 9.59 Å². The average molecular weight is 230 g/mol. The second kappa shape index (κ2) is 2.45. The van der Waals surface area contributed by atoms with Crippen LogP contribution in [0.3, 0.4) is 0 Å². The average Bonchev–Trinajstić information content (AvgIpc) is 2.29. The van der Waals surface area contributed by atoms with Crippen LogP contribution >= 0.6 is 15.9 Å². The van der Waals surface area contributed by atoms with Gasteiger partial charge in [0.15, 0.2) is 0 Å². The molecule has 2 heterocycles. The van der Waals surface area contributed by atoms with Crippen molar-refractivity contribution in [2.75, 3.05) is 0 Å². The maximum Gasteiger partial charge on any atom is 0.362 e. The molecule has 1 aliphatic rings. The predicted octanol–water partition coefficient (Wildman–Crippen LogP) is 0.948. The van der Waals surface area contributed by atoms with Gasteiger partial charge in [-0.05, 0) is 22.0 Å². The summed E-state index contributed by atoms with van der Waals surface area (Å²) in [6.07, 6.45) is 1.67. The summed E-state index contributed by atoms with van der Waals surface area (Å²) in [7, 11) is 0. The van der Waals surface area contributed by atoms with Crippen LogP contribution in [0.1, 0.15) is 10.5 Å². The number of aromatic nitrogens is 1. The fourth-order valence-corrected chi connectivity index (χ4v) is 1.57. The highest BCUT2D eigenvalue weighted by atomic mass is 79.9. The molecular weight excluding hydrogens is 226 g/mol. The molecule has 5 heteroatoms. The quantitative estimate of drug-likeness (QED) is 0.492. The van der Waals surface area contributed by atoms with Crippen LogP contribution in [0.2, 0.25) is 0 Å². The molecule has 0 atom stereocenters. The van der Waals surface area contributed by atoms with Crippen molar-refractivity contribution < 1.29 is 14.3 Å². The van der Waals surface area contributed by atoms with Crippen LogP contribution in [0.15, 0.2) is 16.7 Å². The first-order valence-corrected chi connectivity index (χ1v) is 4.07. The molecule has 0 saturated carbocycles. The first-order chi connectivity index (χ1) is 5.66. The van der Waals surface area contributed by atoms with Gasteiger partial charge in [0.05, 0.1) is 0 Å². The van der Waals surface area contributed by atoms with Crippen LogP contribution in [0.5, 0.6) is 0 Å². The predicted molar refractivity (Wildman–Crippen MR) is 42.6 cm³/mol. The van der Waals surface area contributed by atoms with Crippen molar-refractivity contribution in [2.24, 2.45) is 0 Å². The Morgan fingerprint density at radius 3 is 3.00 bits per heavy atom. The molecule has 0 spiro atoms. The van der Waals surface area contributed by atoms with E-state index >= 15 is 0 Å². The summed E-state index contributed by atoms with van der Waals surface area (Å²) in [5, 5.41) is 0. The number of hydrogen-bond acceptors (Lipinski definition) is 3. The number of esters is 2. The fourth-order valence-electron chi connectivity index (χ4n) is 1.10. The molecule has 12 heavy (non-hydrogen) atoms. The van der Waals surface area contributed by atoms with E-state index in [0.29, 0.717) is 5.69 Å². The number of halogens is 1. The number of carbonyl (C=O) groups excluding carboxylic acids is 2. The van der Waals surface area contributed by atoms with Crippen molar-refractivity contribution in [3.05, 3.63) is 22.4 Å². The van der Waals surface area contributed by atoms with Gasteiger partial charge in [-0.15, -0.1) is 0 Å². The molecule has 0 N–H and O–H groups in total. The van der Waals surface area contributed by atoms with E-state index in [4.69, 9.17) is 0 Å². The first kappa shape index (κ1) is 7.54. The zero-order valence-corrected chi connectivity index (χ0v) is 7.50. The fraction of sp³-hybridized carbons (Fsp3) is 0.143. The number of nitrogens with zero attached hydrogens (tertiary/aromatic N) is 1. The second-order valence-electron chi connectivity index (χ2n) is 2.43. The first-order valence-electron chi connectivity index (χ1n) is 3.27. The highest BCUT2D eigenvalue weighted by molar-refractivity contribution is 9.10. The Bertz CT molecular complexity index is 369. The second-order valence-corrected chi connectivity index (χ2v) is 3.35. The van der Waals surface area contributed by atoms with Crippen LogP contribution in [0, 0.1) is 0 Å². The normalized spacial score (nSPS) is 15.8. The van der Waals surface area contributed by atoms with E-state index in [1.807, 2.05) is 0 Å². The number of cyclic esters (lactones) is 2. The summed E-state index contributed by atoms with van der Waals surface area (Å²) >= 11 is 3.20. The number of hydrogen-bond donors (Lipinski definition) is 0. The lowest BCUT2D eigenvalue weighted by Crippen LogP contribution is -2.26. The summed E-state index contributed by atoms with van der Waals surface area (Å²) < 4.78 is 6.73.